The van der Waals surface area contributed by atoms with E-state index in [9.17, 15) is 13.2 Å². The van der Waals surface area contributed by atoms with E-state index in [2.05, 4.69) is 4.72 Å². The third kappa shape index (κ3) is 4.73. The molecule has 0 radical (unpaired) electrons. The van der Waals surface area contributed by atoms with E-state index in [1.54, 1.807) is 37.3 Å². The van der Waals surface area contributed by atoms with E-state index < -0.39 is 10.0 Å². The maximum absolute atomic E-state index is 12.6. The Morgan fingerprint density at radius 3 is 2.54 bits per heavy atom. The zero-order valence-corrected chi connectivity index (χ0v) is 14.6. The number of carbonyl (C=O) groups is 1. The van der Waals surface area contributed by atoms with Gasteiger partial charge in [0.2, 0.25) is 10.0 Å². The van der Waals surface area contributed by atoms with Crippen LogP contribution in [0.3, 0.4) is 0 Å². The molecule has 0 fully saturated rings. The van der Waals surface area contributed by atoms with E-state index in [-0.39, 0.29) is 5.91 Å². The lowest BCUT2D eigenvalue weighted by molar-refractivity contribution is 0.0784. The Morgan fingerprint density at radius 1 is 1.17 bits per heavy atom. The SMILES string of the molecule is COc1ccccc1CN(C)C(=O)c1cccc(NS(C)(=O)=O)c1. The van der Waals surface area contributed by atoms with Crippen LogP contribution in [0.1, 0.15) is 15.9 Å². The van der Waals surface area contributed by atoms with Gasteiger partial charge in [0.1, 0.15) is 5.75 Å². The number of amides is 1. The van der Waals surface area contributed by atoms with Gasteiger partial charge in [-0.3, -0.25) is 9.52 Å². The average Bonchev–Trinajstić information content (AvgIpc) is 2.53. The topological polar surface area (TPSA) is 75.7 Å². The Hall–Kier alpha value is -2.54. The van der Waals surface area contributed by atoms with Gasteiger partial charge in [-0.25, -0.2) is 8.42 Å². The van der Waals surface area contributed by atoms with Crippen molar-refractivity contribution < 1.29 is 17.9 Å². The first-order valence-electron chi connectivity index (χ1n) is 7.25. The molecule has 2 aromatic rings. The van der Waals surface area contributed by atoms with Gasteiger partial charge < -0.3 is 9.64 Å². The van der Waals surface area contributed by atoms with E-state index in [0.717, 1.165) is 11.8 Å². The van der Waals surface area contributed by atoms with Crippen LogP contribution in [0.4, 0.5) is 5.69 Å². The van der Waals surface area contributed by atoms with Crippen molar-refractivity contribution in [2.45, 2.75) is 6.54 Å². The van der Waals surface area contributed by atoms with Crippen molar-refractivity contribution in [1.82, 2.24) is 4.90 Å². The second-order valence-corrected chi connectivity index (χ2v) is 7.18. The summed E-state index contributed by atoms with van der Waals surface area (Å²) in [5, 5.41) is 0. The van der Waals surface area contributed by atoms with Crippen molar-refractivity contribution in [2.24, 2.45) is 0 Å². The molecule has 7 heteroatoms. The molecule has 0 unspecified atom stereocenters. The lowest BCUT2D eigenvalue weighted by atomic mass is 10.1. The Kier molecular flexibility index (Phi) is 5.46. The van der Waals surface area contributed by atoms with Crippen LogP contribution in [0, 0.1) is 0 Å². The molecule has 0 spiro atoms. The number of carbonyl (C=O) groups excluding carboxylic acids is 1. The first kappa shape index (κ1) is 17.8. The highest BCUT2D eigenvalue weighted by molar-refractivity contribution is 7.92. The van der Waals surface area contributed by atoms with Gasteiger partial charge in [0, 0.05) is 30.4 Å². The molecule has 128 valence electrons. The number of nitrogens with one attached hydrogen (secondary N) is 1. The van der Waals surface area contributed by atoms with E-state index in [1.165, 1.54) is 6.07 Å². The van der Waals surface area contributed by atoms with Crippen LogP contribution in [0.25, 0.3) is 0 Å². The summed E-state index contributed by atoms with van der Waals surface area (Å²) in [4.78, 5) is 14.1. The van der Waals surface area contributed by atoms with Gasteiger partial charge in [0.25, 0.3) is 5.91 Å². The maximum Gasteiger partial charge on any atom is 0.253 e. The molecule has 0 aliphatic rings. The van der Waals surface area contributed by atoms with Gasteiger partial charge in [-0.15, -0.1) is 0 Å². The fourth-order valence-electron chi connectivity index (χ4n) is 2.31. The summed E-state index contributed by atoms with van der Waals surface area (Å²) in [5.74, 6) is 0.503. The van der Waals surface area contributed by atoms with Crippen LogP contribution in [-0.2, 0) is 16.6 Å². The van der Waals surface area contributed by atoms with Gasteiger partial charge in [0.15, 0.2) is 0 Å². The Bertz CT molecular complexity index is 834. The zero-order chi connectivity index (χ0) is 17.7. The molecule has 0 bridgehead atoms. The third-order valence-electron chi connectivity index (χ3n) is 3.36. The first-order chi connectivity index (χ1) is 11.3. The number of hydrogen-bond donors (Lipinski definition) is 1. The molecule has 0 aliphatic heterocycles. The minimum absolute atomic E-state index is 0.210. The molecular formula is C17H20N2O4S. The minimum atomic E-state index is -3.39. The highest BCUT2D eigenvalue weighted by Gasteiger charge is 2.15. The summed E-state index contributed by atoms with van der Waals surface area (Å²) >= 11 is 0. The standard InChI is InChI=1S/C17H20N2O4S/c1-19(12-14-7-4-5-10-16(14)23-2)17(20)13-8-6-9-15(11-13)18-24(3,21)22/h4-11,18H,12H2,1-3H3. The largest absolute Gasteiger partial charge is 0.496 e. The van der Waals surface area contributed by atoms with Crippen LogP contribution in [0.15, 0.2) is 48.5 Å². The zero-order valence-electron chi connectivity index (χ0n) is 13.8. The Balaban J connectivity index is 2.17. The smallest absolute Gasteiger partial charge is 0.253 e. The molecule has 24 heavy (non-hydrogen) atoms. The van der Waals surface area contributed by atoms with Crippen molar-refractivity contribution in [2.75, 3.05) is 25.1 Å². The molecule has 2 aromatic carbocycles. The summed E-state index contributed by atoms with van der Waals surface area (Å²) in [6.45, 7) is 0.382. The quantitative estimate of drug-likeness (QED) is 0.869. The lowest BCUT2D eigenvalue weighted by Gasteiger charge is -2.19. The van der Waals surface area contributed by atoms with Gasteiger partial charge in [0.05, 0.1) is 13.4 Å². The molecule has 0 saturated carbocycles. The molecule has 6 nitrogen and oxygen atoms in total. The van der Waals surface area contributed by atoms with Crippen molar-refractivity contribution in [3.05, 3.63) is 59.7 Å². The number of sulfonamides is 1. The second kappa shape index (κ2) is 7.35. The number of rotatable bonds is 6. The number of para-hydroxylation sites is 1. The van der Waals surface area contributed by atoms with Crippen molar-refractivity contribution >= 4 is 21.6 Å². The molecule has 1 N–H and O–H groups in total. The van der Waals surface area contributed by atoms with Crippen LogP contribution < -0.4 is 9.46 Å². The number of anilines is 1. The maximum atomic E-state index is 12.6. The highest BCUT2D eigenvalue weighted by atomic mass is 32.2. The minimum Gasteiger partial charge on any atom is -0.496 e. The number of hydrogen-bond acceptors (Lipinski definition) is 4. The van der Waals surface area contributed by atoms with Crippen LogP contribution in [0.5, 0.6) is 5.75 Å². The summed E-state index contributed by atoms with van der Waals surface area (Å²) in [7, 11) is -0.119. The highest BCUT2D eigenvalue weighted by Crippen LogP contribution is 2.20. The number of ether oxygens (including phenoxy) is 1. The van der Waals surface area contributed by atoms with E-state index in [1.807, 2.05) is 24.3 Å². The molecule has 2 rings (SSSR count). The summed E-state index contributed by atoms with van der Waals surface area (Å²) in [5.41, 5.74) is 1.65. The Labute approximate surface area is 142 Å². The Morgan fingerprint density at radius 2 is 1.88 bits per heavy atom. The number of nitrogens with zero attached hydrogens (tertiary/aromatic N) is 1. The van der Waals surface area contributed by atoms with Crippen molar-refractivity contribution in [3.8, 4) is 5.75 Å². The van der Waals surface area contributed by atoms with Crippen LogP contribution in [0.2, 0.25) is 0 Å². The molecule has 0 atom stereocenters. The average molecular weight is 348 g/mol. The van der Waals surface area contributed by atoms with E-state index >= 15 is 0 Å². The van der Waals surface area contributed by atoms with Crippen LogP contribution >= 0.6 is 0 Å². The van der Waals surface area contributed by atoms with Gasteiger partial charge in [-0.1, -0.05) is 24.3 Å². The van der Waals surface area contributed by atoms with Gasteiger partial charge in [-0.2, -0.15) is 0 Å². The second-order valence-electron chi connectivity index (χ2n) is 5.43. The summed E-state index contributed by atoms with van der Waals surface area (Å²) < 4.78 is 30.3. The summed E-state index contributed by atoms with van der Waals surface area (Å²) in [6.07, 6.45) is 1.06. The predicted octanol–water partition coefficient (Wildman–Crippen LogP) is 2.34. The van der Waals surface area contributed by atoms with Crippen molar-refractivity contribution in [1.29, 1.82) is 0 Å². The fourth-order valence-corrected chi connectivity index (χ4v) is 2.87. The fraction of sp³-hybridized carbons (Fsp3) is 0.235. The molecule has 0 saturated heterocycles. The van der Waals surface area contributed by atoms with Crippen LogP contribution in [-0.4, -0.2) is 39.6 Å². The third-order valence-corrected chi connectivity index (χ3v) is 3.97. The van der Waals surface area contributed by atoms with Gasteiger partial charge in [-0.05, 0) is 24.3 Å². The number of methoxy groups -OCH3 is 1. The monoisotopic (exact) mass is 348 g/mol. The summed E-state index contributed by atoms with van der Waals surface area (Å²) in [6, 6.07) is 13.9. The first-order valence-corrected chi connectivity index (χ1v) is 9.14. The van der Waals surface area contributed by atoms with Gasteiger partial charge >= 0.3 is 0 Å². The normalized spacial score (nSPS) is 11.0. The van der Waals surface area contributed by atoms with E-state index in [0.29, 0.717) is 23.5 Å². The number of benzene rings is 2. The predicted molar refractivity (Wildman–Crippen MR) is 93.7 cm³/mol. The molecule has 0 aromatic heterocycles. The molecular weight excluding hydrogens is 328 g/mol. The van der Waals surface area contributed by atoms with Crippen molar-refractivity contribution in [3.63, 3.8) is 0 Å². The molecule has 1 amide bonds. The lowest BCUT2D eigenvalue weighted by Crippen LogP contribution is -2.26. The molecule has 0 heterocycles. The molecule has 0 aliphatic carbocycles. The van der Waals surface area contributed by atoms with E-state index in [4.69, 9.17) is 4.74 Å².